The lowest BCUT2D eigenvalue weighted by Gasteiger charge is -2.20. The number of fused-ring (bicyclic) bond motifs is 2. The van der Waals surface area contributed by atoms with Crippen LogP contribution < -0.4 is 19.8 Å². The van der Waals surface area contributed by atoms with E-state index >= 15 is 0 Å². The van der Waals surface area contributed by atoms with Crippen LogP contribution in [0.1, 0.15) is 5.56 Å². The van der Waals surface area contributed by atoms with Gasteiger partial charge in [-0.1, -0.05) is 11.6 Å². The molecule has 1 aliphatic heterocycles. The molecule has 0 radical (unpaired) electrons. The van der Waals surface area contributed by atoms with Gasteiger partial charge in [0, 0.05) is 18.0 Å². The van der Waals surface area contributed by atoms with E-state index in [4.69, 9.17) is 25.5 Å². The third-order valence-corrected chi connectivity index (χ3v) is 6.00. The topological polar surface area (TPSA) is 94.8 Å². The minimum atomic E-state index is -3.72. The number of nitrogens with one attached hydrogen (secondary N) is 1. The van der Waals surface area contributed by atoms with Crippen molar-refractivity contribution in [2.24, 2.45) is 0 Å². The maximum atomic E-state index is 12.6. The third kappa shape index (κ3) is 3.84. The van der Waals surface area contributed by atoms with Crippen molar-refractivity contribution in [2.45, 2.75) is 11.3 Å². The van der Waals surface area contributed by atoms with Crippen molar-refractivity contribution < 1.29 is 22.3 Å². The lowest BCUT2D eigenvalue weighted by Crippen LogP contribution is -2.26. The molecule has 0 bridgehead atoms. The second kappa shape index (κ2) is 7.46. The Bertz CT molecular complexity index is 1200. The SMILES string of the molecule is O=c1ccc2cc(S(=O)(=O)NCCc3cc(Cl)c4c(c3)OCCO4)ccc2o1. The Labute approximate surface area is 165 Å². The highest BCUT2D eigenvalue weighted by molar-refractivity contribution is 7.89. The molecule has 28 heavy (non-hydrogen) atoms. The van der Waals surface area contributed by atoms with Crippen LogP contribution >= 0.6 is 11.6 Å². The number of rotatable bonds is 5. The molecule has 4 rings (SSSR count). The molecule has 2 heterocycles. The summed E-state index contributed by atoms with van der Waals surface area (Å²) in [5, 5.41) is 0.965. The monoisotopic (exact) mass is 421 g/mol. The zero-order valence-corrected chi connectivity index (χ0v) is 16.2. The average Bonchev–Trinajstić information content (AvgIpc) is 2.67. The minimum absolute atomic E-state index is 0.0917. The van der Waals surface area contributed by atoms with E-state index in [1.54, 1.807) is 12.1 Å². The first-order valence-corrected chi connectivity index (χ1v) is 10.4. The molecule has 0 aliphatic carbocycles. The second-order valence-electron chi connectivity index (χ2n) is 6.20. The van der Waals surface area contributed by atoms with Crippen LogP contribution in [0.2, 0.25) is 5.02 Å². The fourth-order valence-corrected chi connectivity index (χ4v) is 4.29. The maximum Gasteiger partial charge on any atom is 0.336 e. The van der Waals surface area contributed by atoms with Crippen molar-refractivity contribution in [2.75, 3.05) is 19.8 Å². The highest BCUT2D eigenvalue weighted by Crippen LogP contribution is 2.38. The largest absolute Gasteiger partial charge is 0.486 e. The first-order chi connectivity index (χ1) is 13.4. The molecule has 146 valence electrons. The predicted molar refractivity (Wildman–Crippen MR) is 104 cm³/mol. The van der Waals surface area contributed by atoms with Crippen LogP contribution in [0.5, 0.6) is 11.5 Å². The molecular formula is C19H16ClNO6S. The lowest BCUT2D eigenvalue weighted by molar-refractivity contribution is 0.171. The quantitative estimate of drug-likeness (QED) is 0.636. The molecule has 0 saturated carbocycles. The summed E-state index contributed by atoms with van der Waals surface area (Å²) in [6.07, 6.45) is 0.429. The van der Waals surface area contributed by atoms with Gasteiger partial charge < -0.3 is 13.9 Å². The van der Waals surface area contributed by atoms with E-state index in [9.17, 15) is 13.2 Å². The van der Waals surface area contributed by atoms with Crippen LogP contribution in [0, 0.1) is 0 Å². The Morgan fingerprint density at radius 3 is 2.71 bits per heavy atom. The van der Waals surface area contributed by atoms with E-state index in [-0.39, 0.29) is 11.4 Å². The smallest absolute Gasteiger partial charge is 0.336 e. The van der Waals surface area contributed by atoms with Crippen LogP contribution in [0.15, 0.2) is 56.6 Å². The fourth-order valence-electron chi connectivity index (χ4n) is 2.94. The standard InChI is InChI=1S/C19H16ClNO6S/c20-15-9-12(10-17-19(15)26-8-7-25-17)5-6-21-28(23,24)14-2-3-16-13(11-14)1-4-18(22)27-16/h1-4,9-11,21H,5-8H2. The minimum Gasteiger partial charge on any atom is -0.486 e. The van der Waals surface area contributed by atoms with Gasteiger partial charge in [0.1, 0.15) is 18.8 Å². The van der Waals surface area contributed by atoms with Crippen molar-refractivity contribution in [3.8, 4) is 11.5 Å². The average molecular weight is 422 g/mol. The molecule has 1 aromatic heterocycles. The Kier molecular flexibility index (Phi) is 5.01. The van der Waals surface area contributed by atoms with Gasteiger partial charge in [-0.05, 0) is 48.4 Å². The number of hydrogen-bond acceptors (Lipinski definition) is 6. The van der Waals surface area contributed by atoms with Gasteiger partial charge in [-0.25, -0.2) is 17.9 Å². The van der Waals surface area contributed by atoms with Crippen LogP contribution in [0.3, 0.4) is 0 Å². The Morgan fingerprint density at radius 1 is 1.04 bits per heavy atom. The van der Waals surface area contributed by atoms with Gasteiger partial charge >= 0.3 is 5.63 Å². The molecule has 1 N–H and O–H groups in total. The molecular weight excluding hydrogens is 406 g/mol. The van der Waals surface area contributed by atoms with Crippen LogP contribution in [0.25, 0.3) is 11.0 Å². The normalized spacial score (nSPS) is 13.6. The Hall–Kier alpha value is -2.55. The summed E-state index contributed by atoms with van der Waals surface area (Å²) in [5.74, 6) is 1.08. The van der Waals surface area contributed by atoms with Gasteiger partial charge in [0.15, 0.2) is 11.5 Å². The predicted octanol–water partition coefficient (Wildman–Crippen LogP) is 2.74. The molecule has 1 aliphatic rings. The molecule has 0 saturated heterocycles. The van der Waals surface area contributed by atoms with Crippen LogP contribution in [0.4, 0.5) is 0 Å². The van der Waals surface area contributed by atoms with Gasteiger partial charge in [0.25, 0.3) is 0 Å². The highest BCUT2D eigenvalue weighted by Gasteiger charge is 2.18. The van der Waals surface area contributed by atoms with Gasteiger partial charge in [-0.15, -0.1) is 0 Å². The number of ether oxygens (including phenoxy) is 2. The zero-order valence-electron chi connectivity index (χ0n) is 14.6. The summed E-state index contributed by atoms with van der Waals surface area (Å²) in [6, 6.07) is 10.6. The molecule has 3 aromatic rings. The lowest BCUT2D eigenvalue weighted by atomic mass is 10.1. The third-order valence-electron chi connectivity index (χ3n) is 4.26. The summed E-state index contributed by atoms with van der Waals surface area (Å²) >= 11 is 6.20. The van der Waals surface area contributed by atoms with Gasteiger partial charge in [-0.2, -0.15) is 0 Å². The van der Waals surface area contributed by atoms with Gasteiger partial charge in [-0.3, -0.25) is 0 Å². The molecule has 0 unspecified atom stereocenters. The Morgan fingerprint density at radius 2 is 1.86 bits per heavy atom. The zero-order chi connectivity index (χ0) is 19.7. The summed E-state index contributed by atoms with van der Waals surface area (Å²) in [5.41, 5.74) is 0.675. The van der Waals surface area contributed by atoms with Crippen LogP contribution in [-0.2, 0) is 16.4 Å². The summed E-state index contributed by atoms with van der Waals surface area (Å²) in [7, 11) is -3.72. The van der Waals surface area contributed by atoms with Crippen molar-refractivity contribution >= 4 is 32.6 Å². The second-order valence-corrected chi connectivity index (χ2v) is 8.38. The molecule has 0 atom stereocenters. The first kappa shape index (κ1) is 18.8. The summed E-state index contributed by atoms with van der Waals surface area (Å²) in [4.78, 5) is 11.3. The molecule has 2 aromatic carbocycles. The van der Waals surface area contributed by atoms with E-state index in [0.29, 0.717) is 47.1 Å². The highest BCUT2D eigenvalue weighted by atomic mass is 35.5. The molecule has 0 amide bonds. The van der Waals surface area contributed by atoms with Crippen molar-refractivity contribution in [1.82, 2.24) is 4.72 Å². The van der Waals surface area contributed by atoms with Crippen molar-refractivity contribution in [3.05, 3.63) is 63.5 Å². The van der Waals surface area contributed by atoms with Crippen molar-refractivity contribution in [1.29, 1.82) is 0 Å². The molecule has 0 spiro atoms. The maximum absolute atomic E-state index is 12.6. The first-order valence-electron chi connectivity index (χ1n) is 8.54. The van der Waals surface area contributed by atoms with Gasteiger partial charge in [0.05, 0.1) is 9.92 Å². The van der Waals surface area contributed by atoms with Crippen LogP contribution in [-0.4, -0.2) is 28.2 Å². The van der Waals surface area contributed by atoms with E-state index in [2.05, 4.69) is 4.72 Å². The number of sulfonamides is 1. The fraction of sp³-hybridized carbons (Fsp3) is 0.211. The Balaban J connectivity index is 1.48. The summed E-state index contributed by atoms with van der Waals surface area (Å²) in [6.45, 7) is 1.07. The number of benzene rings is 2. The molecule has 7 nitrogen and oxygen atoms in total. The van der Waals surface area contributed by atoms with Gasteiger partial charge in [0.2, 0.25) is 10.0 Å². The number of halogens is 1. The number of hydrogen-bond donors (Lipinski definition) is 1. The summed E-state index contributed by atoms with van der Waals surface area (Å²) < 4.78 is 43.7. The van der Waals surface area contributed by atoms with E-state index < -0.39 is 15.6 Å². The van der Waals surface area contributed by atoms with E-state index in [1.807, 2.05) is 0 Å². The van der Waals surface area contributed by atoms with E-state index in [0.717, 1.165) is 5.56 Å². The molecule has 0 fully saturated rings. The van der Waals surface area contributed by atoms with Crippen molar-refractivity contribution in [3.63, 3.8) is 0 Å². The van der Waals surface area contributed by atoms with E-state index in [1.165, 1.54) is 30.3 Å². The molecule has 9 heteroatoms.